The number of amides is 1. The Kier molecular flexibility index (Phi) is 6.45. The molecule has 1 aromatic heterocycles. The molecule has 0 fully saturated rings. The number of carbonyl (C=O) groups excluding carboxylic acids is 1. The molecule has 0 bridgehead atoms. The molecule has 5 heteroatoms. The minimum absolute atomic E-state index is 0.0275. The van der Waals surface area contributed by atoms with Crippen LogP contribution < -0.4 is 5.32 Å². The maximum absolute atomic E-state index is 13.3. The molecule has 0 radical (unpaired) electrons. The molecule has 2 atom stereocenters. The van der Waals surface area contributed by atoms with Crippen molar-refractivity contribution < 1.29 is 9.18 Å². The van der Waals surface area contributed by atoms with Crippen molar-refractivity contribution in [1.29, 1.82) is 0 Å². The molecule has 2 unspecified atom stereocenters. The average Bonchev–Trinajstić information content (AvgIpc) is 3.05. The van der Waals surface area contributed by atoms with E-state index in [1.807, 2.05) is 31.2 Å². The number of imidazole rings is 1. The van der Waals surface area contributed by atoms with Crippen molar-refractivity contribution in [3.63, 3.8) is 0 Å². The third-order valence-corrected chi connectivity index (χ3v) is 5.12. The van der Waals surface area contributed by atoms with Gasteiger partial charge in [0.05, 0.1) is 11.0 Å². The van der Waals surface area contributed by atoms with E-state index in [4.69, 9.17) is 4.98 Å². The van der Waals surface area contributed by atoms with Gasteiger partial charge in [-0.25, -0.2) is 9.37 Å². The second-order valence-electron chi connectivity index (χ2n) is 7.31. The molecular formula is C23H28FN3O. The van der Waals surface area contributed by atoms with E-state index >= 15 is 0 Å². The number of rotatable bonds is 8. The van der Waals surface area contributed by atoms with E-state index in [-0.39, 0.29) is 23.8 Å². The van der Waals surface area contributed by atoms with E-state index in [9.17, 15) is 9.18 Å². The molecule has 28 heavy (non-hydrogen) atoms. The summed E-state index contributed by atoms with van der Waals surface area (Å²) < 4.78 is 15.4. The minimum Gasteiger partial charge on any atom is -0.352 e. The quantitative estimate of drug-likeness (QED) is 0.595. The molecule has 2 aromatic carbocycles. The molecule has 3 rings (SSSR count). The van der Waals surface area contributed by atoms with E-state index in [2.05, 4.69) is 23.7 Å². The molecule has 0 aliphatic carbocycles. The zero-order valence-corrected chi connectivity index (χ0v) is 16.8. The van der Waals surface area contributed by atoms with Gasteiger partial charge in [0.15, 0.2) is 0 Å². The number of nitrogens with one attached hydrogen (secondary N) is 1. The van der Waals surface area contributed by atoms with Crippen molar-refractivity contribution in [3.8, 4) is 0 Å². The SMILES string of the molecule is CCCC(C(=O)NC(C)CC)n1c(Cc2ccc(F)cc2)nc2ccccc21. The van der Waals surface area contributed by atoms with Crippen LogP contribution in [0.15, 0.2) is 48.5 Å². The first-order valence-corrected chi connectivity index (χ1v) is 10.0. The van der Waals surface area contributed by atoms with Gasteiger partial charge in [-0.15, -0.1) is 0 Å². The fourth-order valence-electron chi connectivity index (χ4n) is 3.44. The van der Waals surface area contributed by atoms with Crippen LogP contribution in [0.3, 0.4) is 0 Å². The van der Waals surface area contributed by atoms with Crippen molar-refractivity contribution in [1.82, 2.24) is 14.9 Å². The molecule has 4 nitrogen and oxygen atoms in total. The fourth-order valence-corrected chi connectivity index (χ4v) is 3.44. The van der Waals surface area contributed by atoms with Crippen LogP contribution >= 0.6 is 0 Å². The van der Waals surface area contributed by atoms with Crippen molar-refractivity contribution in [3.05, 3.63) is 65.7 Å². The van der Waals surface area contributed by atoms with Crippen LogP contribution in [0.25, 0.3) is 11.0 Å². The summed E-state index contributed by atoms with van der Waals surface area (Å²) in [5.41, 5.74) is 2.80. The molecule has 148 valence electrons. The van der Waals surface area contributed by atoms with E-state index in [1.54, 1.807) is 12.1 Å². The molecular weight excluding hydrogens is 353 g/mol. The summed E-state index contributed by atoms with van der Waals surface area (Å²) in [5, 5.41) is 3.13. The Morgan fingerprint density at radius 3 is 2.54 bits per heavy atom. The Morgan fingerprint density at radius 2 is 1.86 bits per heavy atom. The van der Waals surface area contributed by atoms with Crippen LogP contribution in [0.5, 0.6) is 0 Å². The smallest absolute Gasteiger partial charge is 0.243 e. The van der Waals surface area contributed by atoms with Gasteiger partial charge in [-0.2, -0.15) is 0 Å². The second kappa shape index (κ2) is 9.00. The van der Waals surface area contributed by atoms with Gasteiger partial charge in [0.25, 0.3) is 0 Å². The van der Waals surface area contributed by atoms with Gasteiger partial charge >= 0.3 is 0 Å². The summed E-state index contributed by atoms with van der Waals surface area (Å²) in [6, 6.07) is 14.2. The Balaban J connectivity index is 2.05. The number of benzene rings is 2. The summed E-state index contributed by atoms with van der Waals surface area (Å²) in [6.07, 6.45) is 3.06. The monoisotopic (exact) mass is 381 g/mol. The third kappa shape index (κ3) is 4.41. The van der Waals surface area contributed by atoms with Crippen molar-refractivity contribution in [2.24, 2.45) is 0 Å². The Morgan fingerprint density at radius 1 is 1.14 bits per heavy atom. The van der Waals surface area contributed by atoms with Gasteiger partial charge in [0.2, 0.25) is 5.91 Å². The molecule has 0 saturated heterocycles. The van der Waals surface area contributed by atoms with Crippen LogP contribution in [0.1, 0.15) is 57.5 Å². The second-order valence-corrected chi connectivity index (χ2v) is 7.31. The van der Waals surface area contributed by atoms with Crippen LogP contribution in [0.2, 0.25) is 0 Å². The lowest BCUT2D eigenvalue weighted by Gasteiger charge is -2.23. The van der Waals surface area contributed by atoms with E-state index in [0.29, 0.717) is 6.42 Å². The molecule has 3 aromatic rings. The highest BCUT2D eigenvalue weighted by molar-refractivity contribution is 5.84. The maximum atomic E-state index is 13.3. The first-order valence-electron chi connectivity index (χ1n) is 10.0. The van der Waals surface area contributed by atoms with Crippen molar-refractivity contribution in [2.75, 3.05) is 0 Å². The highest BCUT2D eigenvalue weighted by Crippen LogP contribution is 2.26. The lowest BCUT2D eigenvalue weighted by atomic mass is 10.1. The van der Waals surface area contributed by atoms with E-state index < -0.39 is 0 Å². The first kappa shape index (κ1) is 20.1. The maximum Gasteiger partial charge on any atom is 0.243 e. The van der Waals surface area contributed by atoms with Crippen LogP contribution in [-0.2, 0) is 11.2 Å². The summed E-state index contributed by atoms with van der Waals surface area (Å²) >= 11 is 0. The highest BCUT2D eigenvalue weighted by Gasteiger charge is 2.25. The topological polar surface area (TPSA) is 46.9 Å². The number of halogens is 1. The van der Waals surface area contributed by atoms with Gasteiger partial charge in [0.1, 0.15) is 17.7 Å². The Bertz CT molecular complexity index is 933. The largest absolute Gasteiger partial charge is 0.352 e. The highest BCUT2D eigenvalue weighted by atomic mass is 19.1. The lowest BCUT2D eigenvalue weighted by Crippen LogP contribution is -2.38. The molecule has 1 amide bonds. The summed E-state index contributed by atoms with van der Waals surface area (Å²) in [4.78, 5) is 17.9. The van der Waals surface area contributed by atoms with Crippen molar-refractivity contribution in [2.45, 2.75) is 58.5 Å². The minimum atomic E-state index is -0.318. The van der Waals surface area contributed by atoms with Gasteiger partial charge in [-0.05, 0) is 49.6 Å². The van der Waals surface area contributed by atoms with Gasteiger partial charge < -0.3 is 9.88 Å². The Labute approximate surface area is 165 Å². The predicted octanol–water partition coefficient (Wildman–Crippen LogP) is 5.02. The first-order chi connectivity index (χ1) is 13.5. The predicted molar refractivity (Wildman–Crippen MR) is 111 cm³/mol. The van der Waals surface area contributed by atoms with Gasteiger partial charge in [0, 0.05) is 12.5 Å². The molecule has 0 saturated carbocycles. The number of aromatic nitrogens is 2. The zero-order valence-electron chi connectivity index (χ0n) is 16.8. The van der Waals surface area contributed by atoms with E-state index in [1.165, 1.54) is 12.1 Å². The normalized spacial score (nSPS) is 13.4. The fraction of sp³-hybridized carbons (Fsp3) is 0.391. The molecule has 1 heterocycles. The number of hydrogen-bond acceptors (Lipinski definition) is 2. The van der Waals surface area contributed by atoms with Crippen LogP contribution in [-0.4, -0.2) is 21.5 Å². The molecule has 0 aliphatic rings. The van der Waals surface area contributed by atoms with Gasteiger partial charge in [-0.3, -0.25) is 4.79 Å². The summed E-state index contributed by atoms with van der Waals surface area (Å²) in [6.45, 7) is 6.17. The van der Waals surface area contributed by atoms with Crippen LogP contribution in [0.4, 0.5) is 4.39 Å². The third-order valence-electron chi connectivity index (χ3n) is 5.12. The van der Waals surface area contributed by atoms with Crippen molar-refractivity contribution >= 4 is 16.9 Å². The van der Waals surface area contributed by atoms with Crippen LogP contribution in [0, 0.1) is 5.82 Å². The summed E-state index contributed by atoms with van der Waals surface area (Å²) in [7, 11) is 0. The number of fused-ring (bicyclic) bond motifs is 1. The standard InChI is InChI=1S/C23H28FN3O/c1-4-8-21(23(28)25-16(3)5-2)27-20-10-7-6-9-19(20)26-22(27)15-17-11-13-18(24)14-12-17/h6-7,9-14,16,21H,4-5,8,15H2,1-3H3,(H,25,28). The molecule has 1 N–H and O–H groups in total. The molecule has 0 aliphatic heterocycles. The number of carbonyl (C=O) groups is 1. The lowest BCUT2D eigenvalue weighted by molar-refractivity contribution is -0.125. The number of hydrogen-bond donors (Lipinski definition) is 1. The van der Waals surface area contributed by atoms with Gasteiger partial charge in [-0.1, -0.05) is 44.5 Å². The summed E-state index contributed by atoms with van der Waals surface area (Å²) in [5.74, 6) is 0.597. The average molecular weight is 381 g/mol. The number of nitrogens with zero attached hydrogens (tertiary/aromatic N) is 2. The zero-order chi connectivity index (χ0) is 20.1. The number of para-hydroxylation sites is 2. The Hall–Kier alpha value is -2.69. The molecule has 0 spiro atoms. The van der Waals surface area contributed by atoms with E-state index in [0.717, 1.165) is 41.7 Å².